The van der Waals surface area contributed by atoms with E-state index in [4.69, 9.17) is 26.1 Å². The van der Waals surface area contributed by atoms with Crippen LogP contribution in [0.5, 0.6) is 11.5 Å². The molecule has 2 aromatic carbocycles. The fourth-order valence-electron chi connectivity index (χ4n) is 4.57. The first-order valence-corrected chi connectivity index (χ1v) is 14.7. The molecule has 0 spiro atoms. The number of hydrogen-bond acceptors (Lipinski definition) is 4. The van der Waals surface area contributed by atoms with Gasteiger partial charge in [-0.3, -0.25) is 0 Å². The number of hydrogen-bond donors (Lipinski definition) is 0. The number of allylic oxidation sites excluding steroid dienone is 4. The van der Waals surface area contributed by atoms with Crippen LogP contribution in [0, 0.1) is 6.92 Å². The quantitative estimate of drug-likeness (QED) is 0.147. The van der Waals surface area contributed by atoms with Crippen LogP contribution >= 0.6 is 11.6 Å². The van der Waals surface area contributed by atoms with E-state index < -0.39 is 0 Å². The summed E-state index contributed by atoms with van der Waals surface area (Å²) < 4.78 is 14.3. The SMILES string of the molecule is CCCCc1nc(-c2ccc(OCCCN(CC)CC)cc2)cn1C1=CC=C(Oc2ccc(Cl)cc2C)C=C=C1. The molecule has 4 rings (SSSR count). The van der Waals surface area contributed by atoms with Gasteiger partial charge < -0.3 is 18.9 Å². The van der Waals surface area contributed by atoms with Crippen molar-refractivity contribution in [2.75, 3.05) is 26.2 Å². The van der Waals surface area contributed by atoms with Crippen molar-refractivity contribution in [1.82, 2.24) is 14.5 Å². The third-order valence-electron chi connectivity index (χ3n) is 6.98. The van der Waals surface area contributed by atoms with Crippen LogP contribution in [0.15, 0.2) is 84.5 Å². The minimum Gasteiger partial charge on any atom is -0.494 e. The largest absolute Gasteiger partial charge is 0.494 e. The van der Waals surface area contributed by atoms with Crippen LogP contribution in [0.2, 0.25) is 5.02 Å². The van der Waals surface area contributed by atoms with E-state index >= 15 is 0 Å². The lowest BCUT2D eigenvalue weighted by Crippen LogP contribution is -2.25. The zero-order valence-electron chi connectivity index (χ0n) is 24.1. The second-order valence-corrected chi connectivity index (χ2v) is 10.3. The molecule has 6 heteroatoms. The van der Waals surface area contributed by atoms with E-state index in [0.29, 0.717) is 10.8 Å². The molecule has 0 unspecified atom stereocenters. The Morgan fingerprint density at radius 3 is 2.50 bits per heavy atom. The number of aromatic nitrogens is 2. The highest BCUT2D eigenvalue weighted by Gasteiger charge is 2.13. The predicted molar refractivity (Wildman–Crippen MR) is 166 cm³/mol. The number of benzene rings is 2. The molecule has 210 valence electrons. The number of nitrogens with zero attached hydrogens (tertiary/aromatic N) is 3. The van der Waals surface area contributed by atoms with Crippen molar-refractivity contribution in [2.24, 2.45) is 0 Å². The first-order valence-electron chi connectivity index (χ1n) is 14.3. The van der Waals surface area contributed by atoms with Gasteiger partial charge in [0.25, 0.3) is 0 Å². The zero-order chi connectivity index (χ0) is 28.3. The Kier molecular flexibility index (Phi) is 10.9. The lowest BCUT2D eigenvalue weighted by Gasteiger charge is -2.17. The minimum atomic E-state index is 0.695. The molecule has 0 amide bonds. The molecule has 1 aliphatic rings. The third kappa shape index (κ3) is 8.02. The third-order valence-corrected chi connectivity index (χ3v) is 7.22. The van der Waals surface area contributed by atoms with Crippen molar-refractivity contribution in [3.63, 3.8) is 0 Å². The molecule has 0 saturated carbocycles. The van der Waals surface area contributed by atoms with Crippen LogP contribution in [-0.2, 0) is 6.42 Å². The summed E-state index contributed by atoms with van der Waals surface area (Å²) in [5, 5.41) is 0.695. The Bertz CT molecular complexity index is 1390. The molecule has 0 radical (unpaired) electrons. The molecular weight excluding hydrogens is 518 g/mol. The van der Waals surface area contributed by atoms with E-state index in [1.54, 1.807) is 0 Å². The Morgan fingerprint density at radius 1 is 0.975 bits per heavy atom. The van der Waals surface area contributed by atoms with Crippen molar-refractivity contribution in [3.8, 4) is 22.8 Å². The summed E-state index contributed by atoms with van der Waals surface area (Å²) in [5.41, 5.74) is 7.25. The molecule has 5 nitrogen and oxygen atoms in total. The predicted octanol–water partition coefficient (Wildman–Crippen LogP) is 8.49. The van der Waals surface area contributed by atoms with Gasteiger partial charge in [0.1, 0.15) is 23.1 Å². The van der Waals surface area contributed by atoms with E-state index in [0.717, 1.165) is 91.8 Å². The van der Waals surface area contributed by atoms with Gasteiger partial charge in [-0.15, -0.1) is 5.73 Å². The van der Waals surface area contributed by atoms with E-state index in [2.05, 4.69) is 54.3 Å². The summed E-state index contributed by atoms with van der Waals surface area (Å²) in [6.45, 7) is 12.5. The van der Waals surface area contributed by atoms with Gasteiger partial charge in [-0.05, 0) is 93.0 Å². The lowest BCUT2D eigenvalue weighted by atomic mass is 10.1. The molecule has 40 heavy (non-hydrogen) atoms. The first-order chi connectivity index (χ1) is 19.5. The Hall–Kier alpha value is -3.50. The molecule has 0 fully saturated rings. The molecule has 0 atom stereocenters. The van der Waals surface area contributed by atoms with Crippen LogP contribution < -0.4 is 9.47 Å². The van der Waals surface area contributed by atoms with E-state index in [-0.39, 0.29) is 0 Å². The summed E-state index contributed by atoms with van der Waals surface area (Å²) in [4.78, 5) is 7.44. The van der Waals surface area contributed by atoms with Gasteiger partial charge in [-0.25, -0.2) is 4.98 Å². The van der Waals surface area contributed by atoms with E-state index in [1.807, 2.05) is 61.6 Å². The van der Waals surface area contributed by atoms with E-state index in [1.165, 1.54) is 0 Å². The maximum absolute atomic E-state index is 6.12. The molecule has 0 N–H and O–H groups in total. The van der Waals surface area contributed by atoms with Crippen molar-refractivity contribution in [2.45, 2.75) is 53.4 Å². The van der Waals surface area contributed by atoms with Gasteiger partial charge >= 0.3 is 0 Å². The van der Waals surface area contributed by atoms with Gasteiger partial charge in [0.2, 0.25) is 0 Å². The van der Waals surface area contributed by atoms with Crippen LogP contribution in [-0.4, -0.2) is 40.7 Å². The molecule has 0 aliphatic heterocycles. The maximum atomic E-state index is 6.12. The molecular formula is C34H40ClN3O2. The van der Waals surface area contributed by atoms with Crippen LogP contribution in [0.4, 0.5) is 0 Å². The summed E-state index contributed by atoms with van der Waals surface area (Å²) in [5.74, 6) is 3.40. The van der Waals surface area contributed by atoms with Gasteiger partial charge in [0.15, 0.2) is 0 Å². The summed E-state index contributed by atoms with van der Waals surface area (Å²) in [6, 6.07) is 13.9. The second-order valence-electron chi connectivity index (χ2n) is 9.90. The highest BCUT2D eigenvalue weighted by molar-refractivity contribution is 6.30. The van der Waals surface area contributed by atoms with Gasteiger partial charge in [-0.2, -0.15) is 0 Å². The summed E-state index contributed by atoms with van der Waals surface area (Å²) in [6.07, 6.45) is 14.0. The normalized spacial score (nSPS) is 12.8. The molecule has 0 saturated heterocycles. The number of aryl methyl sites for hydroxylation is 2. The van der Waals surface area contributed by atoms with Crippen molar-refractivity contribution in [3.05, 3.63) is 101 Å². The average Bonchev–Trinajstić information content (AvgIpc) is 3.25. The second kappa shape index (κ2) is 14.8. The standard InChI is InChI=1S/C34H40ClN3O2/c1-5-8-13-34-36-32(27-14-18-30(19-15-27)39-23-10-22-37(6-2)7-3)25-38(34)29-11-9-12-31(20-17-29)40-33-21-16-28(35)24-26(33)4/h11-12,14-21,24-25H,5-8,10,13,22-23H2,1-4H3. The fourth-order valence-corrected chi connectivity index (χ4v) is 4.80. The first kappa shape index (κ1) is 29.5. The van der Waals surface area contributed by atoms with Crippen LogP contribution in [0.25, 0.3) is 17.0 Å². The van der Waals surface area contributed by atoms with Crippen LogP contribution in [0.1, 0.15) is 51.4 Å². The molecule has 1 heterocycles. The Morgan fingerprint density at radius 2 is 1.77 bits per heavy atom. The van der Waals surface area contributed by atoms with Crippen LogP contribution in [0.3, 0.4) is 0 Å². The van der Waals surface area contributed by atoms with Gasteiger partial charge in [0.05, 0.1) is 18.0 Å². The number of halogens is 1. The number of imidazole rings is 1. The molecule has 1 aliphatic carbocycles. The Labute approximate surface area is 244 Å². The fraction of sp³-hybridized carbons (Fsp3) is 0.353. The molecule has 1 aromatic heterocycles. The van der Waals surface area contributed by atoms with Crippen molar-refractivity contribution in [1.29, 1.82) is 0 Å². The maximum Gasteiger partial charge on any atom is 0.135 e. The minimum absolute atomic E-state index is 0.695. The highest BCUT2D eigenvalue weighted by Crippen LogP contribution is 2.27. The monoisotopic (exact) mass is 557 g/mol. The highest BCUT2D eigenvalue weighted by atomic mass is 35.5. The number of rotatable bonds is 14. The van der Waals surface area contributed by atoms with E-state index in [9.17, 15) is 0 Å². The summed E-state index contributed by atoms with van der Waals surface area (Å²) >= 11 is 6.10. The topological polar surface area (TPSA) is 39.5 Å². The summed E-state index contributed by atoms with van der Waals surface area (Å²) in [7, 11) is 0. The Balaban J connectivity index is 1.49. The molecule has 3 aromatic rings. The van der Waals surface area contributed by atoms with Crippen molar-refractivity contribution >= 4 is 17.3 Å². The van der Waals surface area contributed by atoms with Crippen molar-refractivity contribution < 1.29 is 9.47 Å². The number of unbranched alkanes of at least 4 members (excludes halogenated alkanes) is 1. The van der Waals surface area contributed by atoms with Gasteiger partial charge in [-0.1, -0.05) is 38.8 Å². The molecule has 0 bridgehead atoms. The van der Waals surface area contributed by atoms with Gasteiger partial charge in [0, 0.05) is 41.9 Å². The lowest BCUT2D eigenvalue weighted by molar-refractivity contribution is 0.249. The average molecular weight is 558 g/mol. The number of ether oxygens (including phenoxy) is 2. The zero-order valence-corrected chi connectivity index (χ0v) is 24.9. The smallest absolute Gasteiger partial charge is 0.135 e.